The third-order valence-corrected chi connectivity index (χ3v) is 5.03. The molecule has 1 atom stereocenters. The van der Waals surface area contributed by atoms with Crippen molar-refractivity contribution < 1.29 is 32.3 Å². The number of halogens is 2. The molecular formula is C20H25F2N3NaO5S. The smallest absolute Gasteiger partial charge is 0.387 e. The van der Waals surface area contributed by atoms with Gasteiger partial charge in [0.05, 0.1) is 47.5 Å². The largest absolute Gasteiger partial charge is 0.493 e. The van der Waals surface area contributed by atoms with Crippen molar-refractivity contribution in [2.24, 2.45) is 5.92 Å². The Labute approximate surface area is 209 Å². The number of hydrogen-bond acceptors (Lipinski definition) is 7. The van der Waals surface area contributed by atoms with E-state index in [1.54, 1.807) is 6.07 Å². The topological polar surface area (TPSA) is 107 Å². The van der Waals surface area contributed by atoms with Crippen LogP contribution in [0.4, 0.5) is 8.78 Å². The fraction of sp³-hybridized carbons (Fsp3) is 0.400. The zero-order valence-corrected chi connectivity index (χ0v) is 21.4. The van der Waals surface area contributed by atoms with Gasteiger partial charge in [0.1, 0.15) is 5.75 Å². The number of H-pyrrole nitrogens is 1. The fourth-order valence-corrected chi connectivity index (χ4v) is 3.41. The molecule has 1 aromatic carbocycles. The summed E-state index contributed by atoms with van der Waals surface area (Å²) in [5.74, 6) is 1.35. The molecule has 0 fully saturated rings. The van der Waals surface area contributed by atoms with Crippen LogP contribution < -0.4 is 14.2 Å². The Kier molecular flexibility index (Phi) is 12.1. The summed E-state index contributed by atoms with van der Waals surface area (Å²) >= 11 is 0. The molecule has 2 aromatic heterocycles. The van der Waals surface area contributed by atoms with E-state index in [2.05, 4.69) is 19.7 Å². The van der Waals surface area contributed by atoms with Crippen LogP contribution in [0.1, 0.15) is 19.5 Å². The Balaban J connectivity index is 0.000000770. The van der Waals surface area contributed by atoms with Gasteiger partial charge in [0.25, 0.3) is 0 Å². The first-order chi connectivity index (χ1) is 14.8. The van der Waals surface area contributed by atoms with Gasteiger partial charge >= 0.3 is 6.61 Å². The van der Waals surface area contributed by atoms with E-state index in [0.29, 0.717) is 40.8 Å². The van der Waals surface area contributed by atoms with E-state index in [-0.39, 0.29) is 46.2 Å². The number of aromatic amines is 1. The molecule has 3 rings (SSSR count). The molecule has 0 aliphatic heterocycles. The number of nitrogens with zero attached hydrogens (tertiary/aromatic N) is 2. The van der Waals surface area contributed by atoms with E-state index < -0.39 is 17.4 Å². The van der Waals surface area contributed by atoms with Crippen LogP contribution >= 0.6 is 0 Å². The summed E-state index contributed by atoms with van der Waals surface area (Å²) in [7, 11) is 1.41. The summed E-state index contributed by atoms with van der Waals surface area (Å²) in [6.07, 6.45) is 1.53. The van der Waals surface area contributed by atoms with Crippen LogP contribution in [-0.4, -0.2) is 81.3 Å². The summed E-state index contributed by atoms with van der Waals surface area (Å²) in [5, 5.41) is 8.34. The van der Waals surface area contributed by atoms with Crippen LogP contribution in [0.15, 0.2) is 35.6 Å². The molecule has 2 N–H and O–H groups in total. The van der Waals surface area contributed by atoms with Gasteiger partial charge in [0.15, 0.2) is 16.7 Å². The zero-order chi connectivity index (χ0) is 23.0. The van der Waals surface area contributed by atoms with Crippen molar-refractivity contribution in [1.82, 2.24) is 15.0 Å². The predicted octanol–water partition coefficient (Wildman–Crippen LogP) is 3.14. The first kappa shape index (κ1) is 28.2. The molecule has 0 bridgehead atoms. The molecule has 0 aliphatic rings. The molecule has 0 amide bonds. The number of imidazole rings is 1. The molecule has 2 heterocycles. The summed E-state index contributed by atoms with van der Waals surface area (Å²) < 4.78 is 52.1. The first-order valence-corrected chi connectivity index (χ1v) is 10.6. The van der Waals surface area contributed by atoms with Gasteiger partial charge in [0.2, 0.25) is 0 Å². The number of methoxy groups -OCH3 is 2. The molecule has 12 heteroatoms. The number of aliphatic hydroxyl groups is 1. The van der Waals surface area contributed by atoms with Gasteiger partial charge in [-0.05, 0) is 18.1 Å². The number of aliphatic hydroxyl groups excluding tert-OH is 1. The molecule has 0 saturated heterocycles. The number of rotatable bonds is 8. The van der Waals surface area contributed by atoms with Crippen LogP contribution in [0.3, 0.4) is 0 Å². The molecule has 171 valence electrons. The third kappa shape index (κ3) is 7.96. The summed E-state index contributed by atoms with van der Waals surface area (Å²) in [5.41, 5.74) is 1.38. The van der Waals surface area contributed by atoms with Gasteiger partial charge in [-0.15, -0.1) is 0 Å². The number of fused-ring (bicyclic) bond motifs is 1. The summed E-state index contributed by atoms with van der Waals surface area (Å²) in [6.45, 7) is 1.33. The standard InChI is InChI=1S/C16H15F2N3O4S.C4H10O.Na/c1-23-13-5-6-19-12(14(13)24-2)8-26(22)16-20-10-4-3-9(25-15(17)18)7-11(10)21-16;1-4(2)3-5;/h3-7,15H,8H2,1-2H3,(H,20,21);4-5H,3H2,1-2H3;. The number of alkyl halides is 2. The van der Waals surface area contributed by atoms with Crippen LogP contribution in [0, 0.1) is 5.92 Å². The van der Waals surface area contributed by atoms with Gasteiger partial charge in [-0.1, -0.05) is 13.8 Å². The molecule has 32 heavy (non-hydrogen) atoms. The average molecular weight is 480 g/mol. The minimum absolute atomic E-state index is 0. The van der Waals surface area contributed by atoms with Crippen LogP contribution in [0.5, 0.6) is 17.2 Å². The van der Waals surface area contributed by atoms with Crippen LogP contribution in [0.2, 0.25) is 0 Å². The quantitative estimate of drug-likeness (QED) is 0.477. The SMILES string of the molecule is CC(C)CO.COc1ccnc(CS(=O)c2nc3ccc(OC(F)F)cc3[nH]2)c1OC.[Na]. The van der Waals surface area contributed by atoms with Crippen LogP contribution in [0.25, 0.3) is 11.0 Å². The normalized spacial score (nSPS) is 11.5. The summed E-state index contributed by atoms with van der Waals surface area (Å²) in [4.78, 5) is 11.3. The number of ether oxygens (including phenoxy) is 3. The molecule has 3 aromatic rings. The monoisotopic (exact) mass is 480 g/mol. The van der Waals surface area contributed by atoms with Crippen molar-refractivity contribution >= 4 is 51.4 Å². The van der Waals surface area contributed by atoms with Crippen molar-refractivity contribution in [2.75, 3.05) is 20.8 Å². The van der Waals surface area contributed by atoms with Crippen molar-refractivity contribution in [3.05, 3.63) is 36.2 Å². The van der Waals surface area contributed by atoms with Crippen molar-refractivity contribution in [3.8, 4) is 17.2 Å². The van der Waals surface area contributed by atoms with Crippen LogP contribution in [-0.2, 0) is 16.6 Å². The second-order valence-corrected chi connectivity index (χ2v) is 8.03. The first-order valence-electron chi connectivity index (χ1n) is 9.28. The van der Waals surface area contributed by atoms with Crippen molar-refractivity contribution in [2.45, 2.75) is 31.4 Å². The molecular weight excluding hydrogens is 455 g/mol. The maximum atomic E-state index is 12.6. The average Bonchev–Trinajstić information content (AvgIpc) is 3.17. The van der Waals surface area contributed by atoms with E-state index in [4.69, 9.17) is 14.6 Å². The molecule has 8 nitrogen and oxygen atoms in total. The Morgan fingerprint density at radius 2 is 1.88 bits per heavy atom. The fourth-order valence-electron chi connectivity index (χ4n) is 2.40. The Hall–Kier alpha value is -1.79. The maximum absolute atomic E-state index is 12.6. The zero-order valence-electron chi connectivity index (χ0n) is 18.6. The number of benzene rings is 1. The minimum atomic E-state index is -2.92. The molecule has 1 unspecified atom stereocenters. The maximum Gasteiger partial charge on any atom is 0.387 e. The van der Waals surface area contributed by atoms with Gasteiger partial charge in [-0.2, -0.15) is 8.78 Å². The number of hydrogen-bond donors (Lipinski definition) is 2. The molecule has 1 radical (unpaired) electrons. The third-order valence-electron chi connectivity index (χ3n) is 3.87. The van der Waals surface area contributed by atoms with E-state index in [9.17, 15) is 13.0 Å². The molecule has 0 saturated carbocycles. The number of aromatic nitrogens is 3. The Bertz CT molecular complexity index is 1020. The second-order valence-electron chi connectivity index (χ2n) is 6.66. The Morgan fingerprint density at radius 1 is 1.19 bits per heavy atom. The second kappa shape index (κ2) is 13.7. The van der Waals surface area contributed by atoms with E-state index in [1.165, 1.54) is 38.6 Å². The Morgan fingerprint density at radius 3 is 2.44 bits per heavy atom. The molecule has 0 spiro atoms. The molecule has 0 aliphatic carbocycles. The van der Waals surface area contributed by atoms with Gasteiger partial charge in [-0.25, -0.2) is 4.98 Å². The number of pyridine rings is 1. The predicted molar refractivity (Wildman–Crippen MR) is 118 cm³/mol. The summed E-state index contributed by atoms with van der Waals surface area (Å²) in [6, 6.07) is 5.89. The van der Waals surface area contributed by atoms with E-state index in [1.807, 2.05) is 13.8 Å². The van der Waals surface area contributed by atoms with Gasteiger partial charge < -0.3 is 24.3 Å². The van der Waals surface area contributed by atoms with Crippen molar-refractivity contribution in [1.29, 1.82) is 0 Å². The van der Waals surface area contributed by atoms with Gasteiger partial charge in [0, 0.05) is 54.5 Å². The van der Waals surface area contributed by atoms with Crippen molar-refractivity contribution in [3.63, 3.8) is 0 Å². The van der Waals surface area contributed by atoms with E-state index >= 15 is 0 Å². The van der Waals surface area contributed by atoms with E-state index in [0.717, 1.165) is 0 Å². The van der Waals surface area contributed by atoms with Gasteiger partial charge in [-0.3, -0.25) is 9.19 Å². The number of nitrogens with one attached hydrogen (secondary N) is 1. The minimum Gasteiger partial charge on any atom is -0.493 e.